The van der Waals surface area contributed by atoms with Crippen LogP contribution in [0.4, 0.5) is 5.69 Å². The molecule has 2 aromatic carbocycles. The first-order chi connectivity index (χ1) is 13.6. The van der Waals surface area contributed by atoms with Gasteiger partial charge >= 0.3 is 0 Å². The lowest BCUT2D eigenvalue weighted by Crippen LogP contribution is -2.26. The van der Waals surface area contributed by atoms with E-state index in [-0.39, 0.29) is 5.56 Å². The van der Waals surface area contributed by atoms with E-state index in [0.717, 1.165) is 12.0 Å². The lowest BCUT2D eigenvalue weighted by Gasteiger charge is -2.10. The van der Waals surface area contributed by atoms with Crippen LogP contribution in [0, 0.1) is 0 Å². The topological polar surface area (TPSA) is 63.5 Å². The maximum atomic E-state index is 13.1. The summed E-state index contributed by atoms with van der Waals surface area (Å²) in [5.41, 5.74) is 2.58. The molecule has 0 aliphatic rings. The third kappa shape index (κ3) is 3.21. The Hall–Kier alpha value is -2.96. The largest absolute Gasteiger partial charge is 0.322 e. The van der Waals surface area contributed by atoms with Gasteiger partial charge in [-0.15, -0.1) is 11.3 Å². The molecule has 0 radical (unpaired) electrons. The van der Waals surface area contributed by atoms with Crippen molar-refractivity contribution in [1.82, 2.24) is 9.38 Å². The van der Waals surface area contributed by atoms with Crippen molar-refractivity contribution in [3.05, 3.63) is 86.6 Å². The predicted molar refractivity (Wildman–Crippen MR) is 114 cm³/mol. The smallest absolute Gasteiger partial charge is 0.271 e. The quantitative estimate of drug-likeness (QED) is 0.521. The summed E-state index contributed by atoms with van der Waals surface area (Å²) in [5, 5.41) is 5.18. The molecule has 0 saturated carbocycles. The predicted octanol–water partition coefficient (Wildman–Crippen LogP) is 4.89. The molecular formula is C21H16ClN3O2S. The number of benzene rings is 2. The maximum absolute atomic E-state index is 13.1. The first-order valence-corrected chi connectivity index (χ1v) is 9.99. The normalized spacial score (nSPS) is 10.9. The number of amides is 1. The van der Waals surface area contributed by atoms with Crippen LogP contribution in [0.3, 0.4) is 0 Å². The zero-order chi connectivity index (χ0) is 19.7. The molecule has 2 aromatic heterocycles. The van der Waals surface area contributed by atoms with E-state index in [1.807, 2.05) is 54.8 Å². The molecule has 2 heterocycles. The number of hydrogen-bond donors (Lipinski definition) is 1. The van der Waals surface area contributed by atoms with Gasteiger partial charge in [-0.3, -0.25) is 14.0 Å². The van der Waals surface area contributed by atoms with E-state index >= 15 is 0 Å². The van der Waals surface area contributed by atoms with Crippen LogP contribution >= 0.6 is 22.9 Å². The van der Waals surface area contributed by atoms with Gasteiger partial charge < -0.3 is 5.32 Å². The van der Waals surface area contributed by atoms with Gasteiger partial charge in [0.1, 0.15) is 5.56 Å². The minimum absolute atomic E-state index is 0.0184. The first kappa shape index (κ1) is 18.4. The minimum Gasteiger partial charge on any atom is -0.322 e. The number of carbonyl (C=O) groups excluding carboxylic acids is 1. The average molecular weight is 410 g/mol. The number of fused-ring (bicyclic) bond motifs is 1. The second-order valence-electron chi connectivity index (χ2n) is 6.16. The highest BCUT2D eigenvalue weighted by Crippen LogP contribution is 2.30. The Morgan fingerprint density at radius 1 is 1.18 bits per heavy atom. The van der Waals surface area contributed by atoms with Gasteiger partial charge in [-0.2, -0.15) is 0 Å². The van der Waals surface area contributed by atoms with E-state index in [0.29, 0.717) is 26.9 Å². The number of para-hydroxylation sites is 1. The Morgan fingerprint density at radius 3 is 2.71 bits per heavy atom. The van der Waals surface area contributed by atoms with Crippen LogP contribution in [0.1, 0.15) is 22.8 Å². The number of aryl methyl sites for hydroxylation is 1. The lowest BCUT2D eigenvalue weighted by molar-refractivity contribution is 0.102. The van der Waals surface area contributed by atoms with Gasteiger partial charge in [0.2, 0.25) is 0 Å². The summed E-state index contributed by atoms with van der Waals surface area (Å²) >= 11 is 7.62. The van der Waals surface area contributed by atoms with Crippen LogP contribution in [-0.2, 0) is 6.42 Å². The number of rotatable bonds is 4. The molecule has 0 spiro atoms. The molecular weight excluding hydrogens is 394 g/mol. The summed E-state index contributed by atoms with van der Waals surface area (Å²) in [6, 6.07) is 14.8. The number of thiazole rings is 1. The van der Waals surface area contributed by atoms with E-state index in [4.69, 9.17) is 11.6 Å². The van der Waals surface area contributed by atoms with Crippen LogP contribution in [0.15, 0.2) is 64.9 Å². The minimum atomic E-state index is -0.482. The molecule has 1 amide bonds. The molecule has 4 aromatic rings. The highest BCUT2D eigenvalue weighted by molar-refractivity contribution is 7.15. The summed E-state index contributed by atoms with van der Waals surface area (Å²) in [5.74, 6) is -0.482. The van der Waals surface area contributed by atoms with Gasteiger partial charge in [0, 0.05) is 27.9 Å². The summed E-state index contributed by atoms with van der Waals surface area (Å²) < 4.78 is 1.44. The highest BCUT2D eigenvalue weighted by Gasteiger charge is 2.18. The number of aromatic nitrogens is 2. The zero-order valence-corrected chi connectivity index (χ0v) is 16.6. The van der Waals surface area contributed by atoms with E-state index in [2.05, 4.69) is 10.3 Å². The van der Waals surface area contributed by atoms with Crippen molar-refractivity contribution in [2.24, 2.45) is 0 Å². The summed E-state index contributed by atoms with van der Waals surface area (Å²) in [7, 11) is 0. The van der Waals surface area contributed by atoms with E-state index in [1.54, 1.807) is 6.07 Å². The molecule has 140 valence electrons. The fraction of sp³-hybridized carbons (Fsp3) is 0.0952. The second kappa shape index (κ2) is 7.58. The molecule has 5 nitrogen and oxygen atoms in total. The van der Waals surface area contributed by atoms with Crippen molar-refractivity contribution < 1.29 is 4.79 Å². The fourth-order valence-corrected chi connectivity index (χ4v) is 4.13. The van der Waals surface area contributed by atoms with Gasteiger partial charge in [0.25, 0.3) is 11.5 Å². The highest BCUT2D eigenvalue weighted by atomic mass is 35.5. The van der Waals surface area contributed by atoms with E-state index < -0.39 is 11.5 Å². The van der Waals surface area contributed by atoms with Gasteiger partial charge in [0.15, 0.2) is 4.96 Å². The van der Waals surface area contributed by atoms with Crippen molar-refractivity contribution >= 4 is 39.5 Å². The second-order valence-corrected chi connectivity index (χ2v) is 7.40. The summed E-state index contributed by atoms with van der Waals surface area (Å²) in [4.78, 5) is 30.7. The third-order valence-corrected chi connectivity index (χ3v) is 5.66. The molecule has 0 bridgehead atoms. The van der Waals surface area contributed by atoms with Crippen LogP contribution in [0.5, 0.6) is 0 Å². The molecule has 0 unspecified atom stereocenters. The van der Waals surface area contributed by atoms with Crippen molar-refractivity contribution in [3.8, 4) is 11.3 Å². The number of hydrogen-bond acceptors (Lipinski definition) is 4. The standard InChI is InChI=1S/C21H16ClN3O2S/c1-2-13-7-3-6-10-17(13)24-19(26)15-11-23-21-25(20(15)27)18(12-28-21)14-8-4-5-9-16(14)22/h3-12H,2H2,1H3,(H,24,26). The zero-order valence-electron chi connectivity index (χ0n) is 15.0. The Kier molecular flexibility index (Phi) is 4.98. The van der Waals surface area contributed by atoms with Crippen LogP contribution in [0.25, 0.3) is 16.2 Å². The van der Waals surface area contributed by atoms with Crippen LogP contribution < -0.4 is 10.9 Å². The molecule has 7 heteroatoms. The number of nitrogens with zero attached hydrogens (tertiary/aromatic N) is 2. The molecule has 28 heavy (non-hydrogen) atoms. The summed E-state index contributed by atoms with van der Waals surface area (Å²) in [6.07, 6.45) is 2.10. The average Bonchev–Trinajstić information content (AvgIpc) is 3.14. The number of carbonyl (C=O) groups is 1. The van der Waals surface area contributed by atoms with Crippen molar-refractivity contribution in [3.63, 3.8) is 0 Å². The van der Waals surface area contributed by atoms with Gasteiger partial charge in [-0.25, -0.2) is 4.98 Å². The first-order valence-electron chi connectivity index (χ1n) is 8.73. The third-order valence-electron chi connectivity index (χ3n) is 4.49. The van der Waals surface area contributed by atoms with E-state index in [9.17, 15) is 9.59 Å². The molecule has 0 atom stereocenters. The molecule has 4 rings (SSSR count). The number of halogens is 1. The van der Waals surface area contributed by atoms with Crippen molar-refractivity contribution in [1.29, 1.82) is 0 Å². The van der Waals surface area contributed by atoms with Crippen molar-refractivity contribution in [2.45, 2.75) is 13.3 Å². The van der Waals surface area contributed by atoms with Gasteiger partial charge in [0.05, 0.1) is 5.69 Å². The molecule has 0 fully saturated rings. The lowest BCUT2D eigenvalue weighted by atomic mass is 10.1. The van der Waals surface area contributed by atoms with Crippen LogP contribution in [-0.4, -0.2) is 15.3 Å². The molecule has 0 aliphatic carbocycles. The Balaban J connectivity index is 1.80. The van der Waals surface area contributed by atoms with E-state index in [1.165, 1.54) is 21.9 Å². The molecule has 0 saturated heterocycles. The van der Waals surface area contributed by atoms with Crippen LogP contribution in [0.2, 0.25) is 5.02 Å². The van der Waals surface area contributed by atoms with Gasteiger partial charge in [-0.1, -0.05) is 54.9 Å². The number of nitrogens with one attached hydrogen (secondary N) is 1. The molecule has 1 N–H and O–H groups in total. The monoisotopic (exact) mass is 409 g/mol. The van der Waals surface area contributed by atoms with Gasteiger partial charge in [-0.05, 0) is 24.1 Å². The van der Waals surface area contributed by atoms with Crippen molar-refractivity contribution in [2.75, 3.05) is 5.32 Å². The Bertz CT molecular complexity index is 1250. The Labute approximate surface area is 170 Å². The maximum Gasteiger partial charge on any atom is 0.271 e. The fourth-order valence-electron chi connectivity index (χ4n) is 3.05. The molecule has 0 aliphatic heterocycles. The SMILES string of the molecule is CCc1ccccc1NC(=O)c1cnc2scc(-c3ccccc3Cl)n2c1=O. The number of anilines is 1. The summed E-state index contributed by atoms with van der Waals surface area (Å²) in [6.45, 7) is 2.01. The Morgan fingerprint density at radius 2 is 1.93 bits per heavy atom.